The number of aliphatic carboxylic acids is 1. The molecule has 0 rings (SSSR count). The van der Waals surface area contributed by atoms with E-state index in [4.69, 9.17) is 14.9 Å². The minimum Gasteiger partial charge on any atom is -0.481 e. The van der Waals surface area contributed by atoms with Crippen molar-refractivity contribution >= 4 is 19.5 Å². The number of ether oxygens (including phenoxy) is 1. The molecule has 0 heterocycles. The minimum absolute atomic E-state index is 0.0798. The van der Waals surface area contributed by atoms with E-state index in [0.29, 0.717) is 0 Å². The molecule has 0 amide bonds. The van der Waals surface area contributed by atoms with Crippen molar-refractivity contribution in [1.82, 2.24) is 0 Å². The van der Waals surface area contributed by atoms with Crippen molar-refractivity contribution in [2.24, 2.45) is 5.92 Å². The maximum Gasteiger partial charge on any atom is 0.326 e. The Labute approximate surface area is 98.3 Å². The monoisotopic (exact) mass is 266 g/mol. The fourth-order valence-corrected chi connectivity index (χ4v) is 2.03. The molecule has 0 fully saturated rings. The first-order valence-corrected chi connectivity index (χ1v) is 6.60. The Morgan fingerprint density at radius 3 is 2.41 bits per heavy atom. The van der Waals surface area contributed by atoms with E-state index in [2.05, 4.69) is 11.3 Å². The second-order valence-corrected chi connectivity index (χ2v) is 5.09. The largest absolute Gasteiger partial charge is 0.481 e. The predicted octanol–water partition coefficient (Wildman–Crippen LogP) is 0.374. The number of rotatable bonds is 8. The summed E-state index contributed by atoms with van der Waals surface area (Å²) in [5.41, 5.74) is 0. The highest BCUT2D eigenvalue weighted by Crippen LogP contribution is 2.38. The molecule has 0 spiro atoms. The van der Waals surface area contributed by atoms with Crippen LogP contribution in [0.25, 0.3) is 0 Å². The molecule has 0 radical (unpaired) electrons. The number of carbonyl (C=O) groups excluding carboxylic acids is 1. The van der Waals surface area contributed by atoms with Crippen LogP contribution in [0.2, 0.25) is 0 Å². The van der Waals surface area contributed by atoms with Gasteiger partial charge in [0.25, 0.3) is 0 Å². The Balaban J connectivity index is 4.48. The maximum absolute atomic E-state index is 11.4. The van der Waals surface area contributed by atoms with Gasteiger partial charge >= 0.3 is 19.5 Å². The summed E-state index contributed by atoms with van der Waals surface area (Å²) < 4.78 is 15.4. The van der Waals surface area contributed by atoms with Crippen molar-refractivity contribution in [3.05, 3.63) is 12.7 Å². The molecule has 7 nitrogen and oxygen atoms in total. The summed E-state index contributed by atoms with van der Waals surface area (Å²) in [5, 5.41) is 8.46. The first kappa shape index (κ1) is 15.8. The maximum atomic E-state index is 11.4. The second-order valence-electron chi connectivity index (χ2n) is 3.40. The quantitative estimate of drug-likeness (QED) is 0.329. The predicted molar refractivity (Wildman–Crippen MR) is 58.4 cm³/mol. The third-order valence-electron chi connectivity index (χ3n) is 1.84. The van der Waals surface area contributed by atoms with Gasteiger partial charge in [0.05, 0.1) is 12.1 Å². The molecule has 17 heavy (non-hydrogen) atoms. The lowest BCUT2D eigenvalue weighted by atomic mass is 10.1. The van der Waals surface area contributed by atoms with Gasteiger partial charge in [-0.1, -0.05) is 12.7 Å². The second kappa shape index (κ2) is 7.21. The van der Waals surface area contributed by atoms with E-state index in [1.807, 2.05) is 0 Å². The van der Waals surface area contributed by atoms with E-state index in [0.717, 1.165) is 0 Å². The standard InChI is InChI=1S/C9H15O7P/c1-2-5-16-9(12)7(3-4-8(10)11)6-17(13,14)15/h2,7H,1,3-6H2,(H,10,11)(H2,13,14,15). The van der Waals surface area contributed by atoms with Gasteiger partial charge in [-0.2, -0.15) is 0 Å². The Morgan fingerprint density at radius 1 is 1.41 bits per heavy atom. The molecular formula is C9H15O7P. The van der Waals surface area contributed by atoms with Crippen molar-refractivity contribution in [2.45, 2.75) is 12.8 Å². The molecule has 98 valence electrons. The van der Waals surface area contributed by atoms with Crippen molar-refractivity contribution in [3.8, 4) is 0 Å². The van der Waals surface area contributed by atoms with Gasteiger partial charge in [0.1, 0.15) is 6.61 Å². The molecule has 0 aliphatic rings. The highest BCUT2D eigenvalue weighted by molar-refractivity contribution is 7.51. The van der Waals surface area contributed by atoms with Crippen molar-refractivity contribution < 1.29 is 33.8 Å². The molecule has 0 aromatic heterocycles. The van der Waals surface area contributed by atoms with E-state index < -0.39 is 31.6 Å². The fraction of sp³-hybridized carbons (Fsp3) is 0.556. The van der Waals surface area contributed by atoms with Gasteiger partial charge in [0.15, 0.2) is 0 Å². The summed E-state index contributed by atoms with van der Waals surface area (Å²) in [6, 6.07) is 0. The van der Waals surface area contributed by atoms with Crippen LogP contribution >= 0.6 is 7.60 Å². The zero-order valence-electron chi connectivity index (χ0n) is 9.11. The van der Waals surface area contributed by atoms with Gasteiger partial charge in [-0.15, -0.1) is 0 Å². The van der Waals surface area contributed by atoms with Gasteiger partial charge in [-0.3, -0.25) is 14.2 Å². The van der Waals surface area contributed by atoms with Gasteiger partial charge in [-0.05, 0) is 6.42 Å². The fourth-order valence-electron chi connectivity index (χ4n) is 1.13. The Kier molecular flexibility index (Phi) is 6.72. The third kappa shape index (κ3) is 8.62. The Hall–Kier alpha value is -1.17. The summed E-state index contributed by atoms with van der Waals surface area (Å²) in [6.45, 7) is 3.24. The van der Waals surface area contributed by atoms with Crippen LogP contribution in [-0.4, -0.2) is 39.6 Å². The molecule has 0 saturated heterocycles. The number of carboxylic acid groups (broad SMARTS) is 1. The first-order valence-electron chi connectivity index (χ1n) is 4.80. The zero-order chi connectivity index (χ0) is 13.5. The summed E-state index contributed by atoms with van der Waals surface area (Å²) in [4.78, 5) is 39.3. The SMILES string of the molecule is C=CCOC(=O)C(CCC(=O)O)CP(=O)(O)O. The molecule has 8 heteroatoms. The van der Waals surface area contributed by atoms with E-state index in [9.17, 15) is 14.2 Å². The average molecular weight is 266 g/mol. The molecule has 3 N–H and O–H groups in total. The molecule has 1 atom stereocenters. The van der Waals surface area contributed by atoms with Crippen molar-refractivity contribution in [3.63, 3.8) is 0 Å². The summed E-state index contributed by atoms with van der Waals surface area (Å²) in [7, 11) is -4.39. The molecule has 1 unspecified atom stereocenters. The Morgan fingerprint density at radius 2 is 2.00 bits per heavy atom. The van der Waals surface area contributed by atoms with Crippen LogP contribution in [0.4, 0.5) is 0 Å². The van der Waals surface area contributed by atoms with Crippen molar-refractivity contribution in [2.75, 3.05) is 12.8 Å². The topological polar surface area (TPSA) is 121 Å². The number of hydrogen-bond acceptors (Lipinski definition) is 4. The molecular weight excluding hydrogens is 251 g/mol. The van der Waals surface area contributed by atoms with Crippen LogP contribution in [-0.2, 0) is 18.9 Å². The van der Waals surface area contributed by atoms with E-state index in [1.165, 1.54) is 6.08 Å². The van der Waals surface area contributed by atoms with Crippen LogP contribution < -0.4 is 0 Å². The lowest BCUT2D eigenvalue weighted by molar-refractivity contribution is -0.147. The molecule has 0 saturated carbocycles. The van der Waals surface area contributed by atoms with Crippen LogP contribution in [0, 0.1) is 5.92 Å². The van der Waals surface area contributed by atoms with Crippen molar-refractivity contribution in [1.29, 1.82) is 0 Å². The van der Waals surface area contributed by atoms with E-state index in [-0.39, 0.29) is 19.4 Å². The molecule has 0 aromatic carbocycles. The molecule has 0 aliphatic heterocycles. The molecule has 0 aromatic rings. The summed E-state index contributed by atoms with van der Waals surface area (Å²) in [6.07, 6.45) is 0.0736. The van der Waals surface area contributed by atoms with E-state index in [1.54, 1.807) is 0 Å². The molecule has 0 bridgehead atoms. The lowest BCUT2D eigenvalue weighted by Gasteiger charge is -2.15. The average Bonchev–Trinajstić information content (AvgIpc) is 2.18. The number of hydrogen-bond donors (Lipinski definition) is 3. The summed E-state index contributed by atoms with van der Waals surface area (Å²) >= 11 is 0. The normalized spacial score (nSPS) is 12.8. The third-order valence-corrected chi connectivity index (χ3v) is 2.76. The van der Waals surface area contributed by atoms with Crippen LogP contribution in [0.5, 0.6) is 0 Å². The van der Waals surface area contributed by atoms with Gasteiger partial charge in [0.2, 0.25) is 0 Å². The van der Waals surface area contributed by atoms with E-state index >= 15 is 0 Å². The first-order chi connectivity index (χ1) is 7.76. The zero-order valence-corrected chi connectivity index (χ0v) is 10.0. The number of carbonyl (C=O) groups is 2. The van der Waals surface area contributed by atoms with Crippen LogP contribution in [0.15, 0.2) is 12.7 Å². The Bertz CT molecular complexity index is 332. The summed E-state index contributed by atoms with van der Waals surface area (Å²) in [5.74, 6) is -3.08. The van der Waals surface area contributed by atoms with Gasteiger partial charge in [0, 0.05) is 6.42 Å². The highest BCUT2D eigenvalue weighted by Gasteiger charge is 2.28. The van der Waals surface area contributed by atoms with Gasteiger partial charge in [-0.25, -0.2) is 0 Å². The highest BCUT2D eigenvalue weighted by atomic mass is 31.2. The van der Waals surface area contributed by atoms with Gasteiger partial charge < -0.3 is 19.6 Å². The lowest BCUT2D eigenvalue weighted by Crippen LogP contribution is -2.22. The van der Waals surface area contributed by atoms with Crippen LogP contribution in [0.3, 0.4) is 0 Å². The molecule has 0 aliphatic carbocycles. The smallest absolute Gasteiger partial charge is 0.326 e. The minimum atomic E-state index is -4.39. The number of esters is 1. The van der Waals surface area contributed by atoms with Crippen LogP contribution in [0.1, 0.15) is 12.8 Å². The number of carboxylic acids is 1.